The summed E-state index contributed by atoms with van der Waals surface area (Å²) in [6.07, 6.45) is 3.29. The first-order chi connectivity index (χ1) is 5.11. The number of rotatable bonds is 1. The second kappa shape index (κ2) is 2.74. The van der Waals surface area contributed by atoms with Gasteiger partial charge in [0.2, 0.25) is 0 Å². The van der Waals surface area contributed by atoms with Gasteiger partial charge in [-0.25, -0.2) is 4.79 Å². The number of carbonyl (C=O) groups excluding carboxylic acids is 1. The number of primary amides is 1. The molecule has 0 spiro atoms. The summed E-state index contributed by atoms with van der Waals surface area (Å²) in [5, 5.41) is 3.78. The van der Waals surface area contributed by atoms with Gasteiger partial charge in [0.15, 0.2) is 0 Å². The molecular weight excluding hydrogens is 142 g/mol. The van der Waals surface area contributed by atoms with Crippen LogP contribution in [0.2, 0.25) is 0 Å². The van der Waals surface area contributed by atoms with Gasteiger partial charge in [-0.05, 0) is 11.5 Å². The average molecular weight is 153 g/mol. The fourth-order valence-corrected chi connectivity index (χ4v) is 0.755. The van der Waals surface area contributed by atoms with Crippen molar-refractivity contribution in [2.24, 2.45) is 5.73 Å². The number of carbonyl (C=O) groups is 1. The molecule has 1 heterocycles. The van der Waals surface area contributed by atoms with Gasteiger partial charge >= 0.3 is 6.03 Å². The zero-order chi connectivity index (χ0) is 8.43. The summed E-state index contributed by atoms with van der Waals surface area (Å²) in [6.45, 7) is 4.06. The highest BCUT2D eigenvalue weighted by atomic mass is 16.2. The molecule has 0 radical (unpaired) electrons. The van der Waals surface area contributed by atoms with Crippen LogP contribution in [-0.2, 0) is 0 Å². The minimum Gasteiger partial charge on any atom is -0.350 e. The molecule has 0 unspecified atom stereocenters. The quantitative estimate of drug-likeness (QED) is 0.652. The van der Waals surface area contributed by atoms with Crippen molar-refractivity contribution in [1.82, 2.24) is 9.78 Å². The molecule has 4 heteroatoms. The van der Waals surface area contributed by atoms with Crippen molar-refractivity contribution >= 4 is 6.03 Å². The third-order valence-electron chi connectivity index (χ3n) is 1.50. The molecule has 1 amide bonds. The number of hydrogen-bond acceptors (Lipinski definition) is 2. The van der Waals surface area contributed by atoms with Crippen LogP contribution in [0.3, 0.4) is 0 Å². The lowest BCUT2D eigenvalue weighted by atomic mass is 10.1. The van der Waals surface area contributed by atoms with Crippen molar-refractivity contribution in [3.8, 4) is 0 Å². The highest BCUT2D eigenvalue weighted by Crippen LogP contribution is 2.11. The molecule has 0 aliphatic heterocycles. The zero-order valence-electron chi connectivity index (χ0n) is 6.61. The molecule has 60 valence electrons. The lowest BCUT2D eigenvalue weighted by Gasteiger charge is -1.96. The molecule has 0 aliphatic carbocycles. The Morgan fingerprint density at radius 3 is 2.64 bits per heavy atom. The molecule has 1 aromatic heterocycles. The molecule has 11 heavy (non-hydrogen) atoms. The Morgan fingerprint density at radius 1 is 1.73 bits per heavy atom. The monoisotopic (exact) mass is 153 g/mol. The van der Waals surface area contributed by atoms with Gasteiger partial charge in [0, 0.05) is 6.20 Å². The van der Waals surface area contributed by atoms with E-state index in [2.05, 4.69) is 5.10 Å². The zero-order valence-corrected chi connectivity index (χ0v) is 6.61. The molecule has 2 N–H and O–H groups in total. The Bertz CT molecular complexity index is 264. The van der Waals surface area contributed by atoms with Crippen LogP contribution in [0.25, 0.3) is 0 Å². The molecule has 0 atom stereocenters. The predicted octanol–water partition coefficient (Wildman–Crippen LogP) is 0.933. The van der Waals surface area contributed by atoms with Gasteiger partial charge in [-0.15, -0.1) is 0 Å². The van der Waals surface area contributed by atoms with Crippen molar-refractivity contribution in [1.29, 1.82) is 0 Å². The van der Waals surface area contributed by atoms with Gasteiger partial charge in [0.05, 0.1) is 6.20 Å². The number of nitrogens with zero attached hydrogens (tertiary/aromatic N) is 2. The maximum Gasteiger partial charge on any atom is 0.339 e. The number of amides is 1. The second-order valence-corrected chi connectivity index (χ2v) is 2.71. The summed E-state index contributed by atoms with van der Waals surface area (Å²) in [5.74, 6) is 0.378. The van der Waals surface area contributed by atoms with E-state index in [1.54, 1.807) is 12.4 Å². The smallest absolute Gasteiger partial charge is 0.339 e. The standard InChI is InChI=1S/C7H11N3O/c1-5(2)6-3-9-10(4-6)7(8)11/h3-5H,1-2H3,(H2,8,11). The fraction of sp³-hybridized carbons (Fsp3) is 0.429. The largest absolute Gasteiger partial charge is 0.350 e. The summed E-state index contributed by atoms with van der Waals surface area (Å²) in [5.41, 5.74) is 6.01. The molecule has 1 rings (SSSR count). The summed E-state index contributed by atoms with van der Waals surface area (Å²) in [6, 6.07) is -0.545. The Balaban J connectivity index is 2.90. The van der Waals surface area contributed by atoms with Crippen LogP contribution >= 0.6 is 0 Å². The lowest BCUT2D eigenvalue weighted by Crippen LogP contribution is -2.19. The maximum atomic E-state index is 10.6. The van der Waals surface area contributed by atoms with Crippen LogP contribution in [0.4, 0.5) is 4.79 Å². The first-order valence-electron chi connectivity index (χ1n) is 3.45. The summed E-state index contributed by atoms with van der Waals surface area (Å²) < 4.78 is 1.13. The fourth-order valence-electron chi connectivity index (χ4n) is 0.755. The Kier molecular flexibility index (Phi) is 1.94. The first-order valence-corrected chi connectivity index (χ1v) is 3.45. The summed E-state index contributed by atoms with van der Waals surface area (Å²) in [4.78, 5) is 10.6. The number of nitrogens with two attached hydrogens (primary N) is 1. The topological polar surface area (TPSA) is 60.9 Å². The van der Waals surface area contributed by atoms with E-state index < -0.39 is 6.03 Å². The third-order valence-corrected chi connectivity index (χ3v) is 1.50. The van der Waals surface area contributed by atoms with Crippen LogP contribution in [0.5, 0.6) is 0 Å². The van der Waals surface area contributed by atoms with E-state index in [0.29, 0.717) is 5.92 Å². The Morgan fingerprint density at radius 2 is 2.36 bits per heavy atom. The van der Waals surface area contributed by atoms with Gasteiger partial charge < -0.3 is 5.73 Å². The molecule has 0 saturated heterocycles. The molecular formula is C7H11N3O. The van der Waals surface area contributed by atoms with E-state index in [1.807, 2.05) is 13.8 Å². The van der Waals surface area contributed by atoms with Gasteiger partial charge in [-0.3, -0.25) is 0 Å². The molecule has 0 bridgehead atoms. The molecule has 0 saturated carbocycles. The third kappa shape index (κ3) is 1.58. The van der Waals surface area contributed by atoms with E-state index in [1.165, 1.54) is 0 Å². The highest BCUT2D eigenvalue weighted by Gasteiger charge is 2.04. The van der Waals surface area contributed by atoms with Crippen molar-refractivity contribution < 1.29 is 4.79 Å². The molecule has 0 aromatic carbocycles. The van der Waals surface area contributed by atoms with Crippen LogP contribution in [-0.4, -0.2) is 15.8 Å². The summed E-state index contributed by atoms with van der Waals surface area (Å²) in [7, 11) is 0. The van der Waals surface area contributed by atoms with E-state index in [0.717, 1.165) is 10.2 Å². The highest BCUT2D eigenvalue weighted by molar-refractivity contribution is 5.73. The lowest BCUT2D eigenvalue weighted by molar-refractivity contribution is 0.247. The van der Waals surface area contributed by atoms with Crippen molar-refractivity contribution in [2.45, 2.75) is 19.8 Å². The Hall–Kier alpha value is -1.32. The van der Waals surface area contributed by atoms with Gasteiger partial charge in [0.25, 0.3) is 0 Å². The second-order valence-electron chi connectivity index (χ2n) is 2.71. The van der Waals surface area contributed by atoms with Crippen LogP contribution in [0, 0.1) is 0 Å². The summed E-state index contributed by atoms with van der Waals surface area (Å²) >= 11 is 0. The maximum absolute atomic E-state index is 10.6. The first kappa shape index (κ1) is 7.78. The Labute approximate surface area is 65.0 Å². The van der Waals surface area contributed by atoms with Gasteiger partial charge in [-0.2, -0.15) is 9.78 Å². The molecule has 0 aliphatic rings. The minimum atomic E-state index is -0.545. The van der Waals surface area contributed by atoms with E-state index >= 15 is 0 Å². The van der Waals surface area contributed by atoms with Gasteiger partial charge in [-0.1, -0.05) is 13.8 Å². The van der Waals surface area contributed by atoms with Gasteiger partial charge in [0.1, 0.15) is 0 Å². The van der Waals surface area contributed by atoms with E-state index in [9.17, 15) is 4.79 Å². The minimum absolute atomic E-state index is 0.378. The number of aromatic nitrogens is 2. The molecule has 4 nitrogen and oxygen atoms in total. The molecule has 1 aromatic rings. The van der Waals surface area contributed by atoms with Crippen LogP contribution in [0.15, 0.2) is 12.4 Å². The number of hydrogen-bond donors (Lipinski definition) is 1. The van der Waals surface area contributed by atoms with Crippen molar-refractivity contribution in [2.75, 3.05) is 0 Å². The average Bonchev–Trinajstić information content (AvgIpc) is 2.33. The van der Waals surface area contributed by atoms with Crippen LogP contribution < -0.4 is 5.73 Å². The van der Waals surface area contributed by atoms with E-state index in [4.69, 9.17) is 5.73 Å². The molecule has 0 fully saturated rings. The predicted molar refractivity (Wildman–Crippen MR) is 41.3 cm³/mol. The van der Waals surface area contributed by atoms with Crippen molar-refractivity contribution in [3.05, 3.63) is 18.0 Å². The normalized spacial score (nSPS) is 10.5. The van der Waals surface area contributed by atoms with Crippen molar-refractivity contribution in [3.63, 3.8) is 0 Å². The van der Waals surface area contributed by atoms with Crippen LogP contribution in [0.1, 0.15) is 25.3 Å². The van der Waals surface area contributed by atoms with E-state index in [-0.39, 0.29) is 0 Å². The SMILES string of the molecule is CC(C)c1cnn(C(N)=O)c1.